The van der Waals surface area contributed by atoms with Crippen LogP contribution in [0.1, 0.15) is 41.6 Å². The van der Waals surface area contributed by atoms with Gasteiger partial charge in [0.15, 0.2) is 18.2 Å². The summed E-state index contributed by atoms with van der Waals surface area (Å²) in [6.07, 6.45) is 3.81. The van der Waals surface area contributed by atoms with Crippen LogP contribution in [0.3, 0.4) is 0 Å². The molecule has 7 rings (SSSR count). The number of piperidine rings is 2. The summed E-state index contributed by atoms with van der Waals surface area (Å²) in [6, 6.07) is 12.5. The van der Waals surface area contributed by atoms with E-state index in [9.17, 15) is 24.0 Å². The predicted molar refractivity (Wildman–Crippen MR) is 200 cm³/mol. The summed E-state index contributed by atoms with van der Waals surface area (Å²) in [4.78, 5) is 78.7. The number of rotatable bonds is 9. The van der Waals surface area contributed by atoms with Gasteiger partial charge in [-0.25, -0.2) is 4.98 Å². The summed E-state index contributed by atoms with van der Waals surface area (Å²) in [7, 11) is 6.86. The first-order valence-corrected chi connectivity index (χ1v) is 17.8. The van der Waals surface area contributed by atoms with E-state index in [1.54, 1.807) is 38.3 Å². The van der Waals surface area contributed by atoms with E-state index in [1.165, 1.54) is 9.47 Å². The summed E-state index contributed by atoms with van der Waals surface area (Å²) in [6.45, 7) is 1.66. The quantitative estimate of drug-likeness (QED) is 0.243. The van der Waals surface area contributed by atoms with E-state index in [4.69, 9.17) is 21.3 Å². The van der Waals surface area contributed by atoms with Crippen LogP contribution in [-0.4, -0.2) is 101 Å². The maximum absolute atomic E-state index is 13.1. The standard InChI is InChI=1S/C37H40ClN9O6/c1-43(2)32(49)20-53-30-17-21-15-23(5-8-28(21)45(4)36(30)52)40-33-27(38)18-39-37(42-33)44(3)24-11-13-46(14-12-24)25-6-7-26-22(16-25)19-47(35(26)51)29-9-10-31(48)41-34(29)50/h5-8,15-18,24,29H,9-14,19-20H2,1-4H3,(H,39,40,42)(H,41,48,50). The highest BCUT2D eigenvalue weighted by atomic mass is 35.5. The second-order valence-corrected chi connectivity index (χ2v) is 14.2. The van der Waals surface area contributed by atoms with Crippen LogP contribution in [0.15, 0.2) is 53.5 Å². The van der Waals surface area contributed by atoms with Gasteiger partial charge in [0.25, 0.3) is 17.4 Å². The highest BCUT2D eigenvalue weighted by Crippen LogP contribution is 2.33. The van der Waals surface area contributed by atoms with Gasteiger partial charge in [-0.1, -0.05) is 11.6 Å². The zero-order chi connectivity index (χ0) is 37.6. The van der Waals surface area contributed by atoms with Crippen LogP contribution in [-0.2, 0) is 28.0 Å². The molecule has 0 radical (unpaired) electrons. The molecule has 2 aromatic heterocycles. The van der Waals surface area contributed by atoms with Gasteiger partial charge in [0.05, 0.1) is 11.7 Å². The predicted octanol–water partition coefficient (Wildman–Crippen LogP) is 3.06. The maximum Gasteiger partial charge on any atom is 0.293 e. The number of benzene rings is 2. The molecule has 4 aromatic rings. The van der Waals surface area contributed by atoms with E-state index in [0.717, 1.165) is 42.6 Å². The van der Waals surface area contributed by atoms with Gasteiger partial charge >= 0.3 is 0 Å². The Kier molecular flexibility index (Phi) is 9.68. The monoisotopic (exact) mass is 741 g/mol. The number of anilines is 4. The molecule has 2 N–H and O–H groups in total. The molecule has 15 nitrogen and oxygen atoms in total. The average Bonchev–Trinajstić information content (AvgIpc) is 3.47. The molecule has 5 heterocycles. The van der Waals surface area contributed by atoms with Crippen molar-refractivity contribution in [1.29, 1.82) is 0 Å². The zero-order valence-electron chi connectivity index (χ0n) is 29.9. The molecule has 0 spiro atoms. The molecule has 1 atom stereocenters. The molecule has 4 amide bonds. The first-order valence-electron chi connectivity index (χ1n) is 17.4. The Morgan fingerprint density at radius 1 is 1.04 bits per heavy atom. The molecule has 276 valence electrons. The van der Waals surface area contributed by atoms with Crippen LogP contribution in [0.2, 0.25) is 5.02 Å². The number of hydrogen-bond acceptors (Lipinski definition) is 11. The maximum atomic E-state index is 13.1. The van der Waals surface area contributed by atoms with Crippen molar-refractivity contribution in [2.75, 3.05) is 56.0 Å². The van der Waals surface area contributed by atoms with E-state index >= 15 is 0 Å². The Bertz CT molecular complexity index is 2200. The fourth-order valence-corrected chi connectivity index (χ4v) is 7.23. The minimum absolute atomic E-state index is 0.0741. The van der Waals surface area contributed by atoms with E-state index in [2.05, 4.69) is 25.4 Å². The van der Waals surface area contributed by atoms with Crippen molar-refractivity contribution in [2.24, 2.45) is 7.05 Å². The number of nitrogens with zero attached hydrogens (tertiary/aromatic N) is 7. The molecule has 3 aliphatic heterocycles. The lowest BCUT2D eigenvalue weighted by Crippen LogP contribution is -2.52. The number of aromatic nitrogens is 3. The van der Waals surface area contributed by atoms with E-state index < -0.39 is 11.9 Å². The lowest BCUT2D eigenvalue weighted by atomic mass is 10.0. The molecular weight excluding hydrogens is 702 g/mol. The topological polar surface area (TPSA) is 162 Å². The second-order valence-electron chi connectivity index (χ2n) is 13.8. The Labute approximate surface area is 310 Å². The number of amides is 4. The van der Waals surface area contributed by atoms with Crippen LogP contribution in [0.25, 0.3) is 10.9 Å². The van der Waals surface area contributed by atoms with E-state index in [0.29, 0.717) is 46.5 Å². The highest BCUT2D eigenvalue weighted by molar-refractivity contribution is 6.33. The van der Waals surface area contributed by atoms with Crippen molar-refractivity contribution in [1.82, 2.24) is 29.7 Å². The molecule has 2 fully saturated rings. The smallest absolute Gasteiger partial charge is 0.293 e. The first kappa shape index (κ1) is 35.7. The summed E-state index contributed by atoms with van der Waals surface area (Å²) < 4.78 is 7.06. The molecule has 16 heteroatoms. The minimum atomic E-state index is -0.641. The fraction of sp³-hybridized carbons (Fsp3) is 0.378. The van der Waals surface area contributed by atoms with E-state index in [-0.39, 0.29) is 48.1 Å². The first-order chi connectivity index (χ1) is 25.4. The van der Waals surface area contributed by atoms with Crippen LogP contribution < -0.4 is 30.7 Å². The normalized spacial score (nSPS) is 17.5. The van der Waals surface area contributed by atoms with Gasteiger partial charge in [-0.2, -0.15) is 4.98 Å². The summed E-state index contributed by atoms with van der Waals surface area (Å²) in [5.41, 5.74) is 3.53. The van der Waals surface area contributed by atoms with Gasteiger partial charge in [0.1, 0.15) is 11.1 Å². The second kappa shape index (κ2) is 14.4. The molecule has 2 aromatic carbocycles. The highest BCUT2D eigenvalue weighted by Gasteiger charge is 2.39. The Morgan fingerprint density at radius 2 is 1.81 bits per heavy atom. The molecule has 2 saturated heterocycles. The van der Waals surface area contributed by atoms with Crippen LogP contribution >= 0.6 is 11.6 Å². The number of likely N-dealkylation sites (N-methyl/N-ethyl adjacent to an activating group) is 1. The van der Waals surface area contributed by atoms with Gasteiger partial charge in [-0.15, -0.1) is 0 Å². The number of pyridine rings is 1. The number of ether oxygens (including phenoxy) is 1. The van der Waals surface area contributed by atoms with Gasteiger partial charge in [0.2, 0.25) is 17.8 Å². The summed E-state index contributed by atoms with van der Waals surface area (Å²) >= 11 is 6.55. The van der Waals surface area contributed by atoms with Gasteiger partial charge in [-0.3, -0.25) is 29.3 Å². The van der Waals surface area contributed by atoms with Crippen LogP contribution in [0.4, 0.5) is 23.1 Å². The van der Waals surface area contributed by atoms with Crippen molar-refractivity contribution in [3.8, 4) is 5.75 Å². The molecule has 0 bridgehead atoms. The van der Waals surface area contributed by atoms with Crippen molar-refractivity contribution in [2.45, 2.75) is 44.3 Å². The molecule has 3 aliphatic rings. The molecule has 0 saturated carbocycles. The molecule has 1 unspecified atom stereocenters. The van der Waals surface area contributed by atoms with Crippen molar-refractivity contribution < 1.29 is 23.9 Å². The van der Waals surface area contributed by atoms with Gasteiger partial charge < -0.3 is 34.2 Å². The van der Waals surface area contributed by atoms with Crippen LogP contribution in [0, 0.1) is 0 Å². The Morgan fingerprint density at radius 3 is 2.55 bits per heavy atom. The molecule has 0 aliphatic carbocycles. The number of carbonyl (C=O) groups excluding carboxylic acids is 4. The fourth-order valence-electron chi connectivity index (χ4n) is 7.09. The SMILES string of the molecule is CN(C)C(=O)COc1cc2cc(Nc3nc(N(C)C4CCN(c5ccc6c(c5)CN(C5CCC(=O)NC5=O)C6=O)CC4)ncc3Cl)ccc2n(C)c1=O. The number of nitrogens with one attached hydrogen (secondary N) is 2. The third-order valence-corrected chi connectivity index (χ3v) is 10.5. The number of fused-ring (bicyclic) bond motifs is 2. The Balaban J connectivity index is 1.00. The zero-order valence-corrected chi connectivity index (χ0v) is 30.6. The third-order valence-electron chi connectivity index (χ3n) is 10.2. The van der Waals surface area contributed by atoms with Crippen molar-refractivity contribution in [3.05, 3.63) is 75.2 Å². The number of imide groups is 1. The Hall–Kier alpha value is -5.70. The lowest BCUT2D eigenvalue weighted by Gasteiger charge is -2.38. The largest absolute Gasteiger partial charge is 0.478 e. The number of hydrogen-bond donors (Lipinski definition) is 2. The summed E-state index contributed by atoms with van der Waals surface area (Å²) in [5, 5.41) is 6.71. The lowest BCUT2D eigenvalue weighted by molar-refractivity contribution is -0.137. The number of halogens is 1. The van der Waals surface area contributed by atoms with Crippen molar-refractivity contribution in [3.63, 3.8) is 0 Å². The average molecular weight is 742 g/mol. The molecular formula is C37H40ClN9O6. The third kappa shape index (κ3) is 7.08. The van der Waals surface area contributed by atoms with Gasteiger partial charge in [-0.05, 0) is 67.3 Å². The van der Waals surface area contributed by atoms with E-state index in [1.807, 2.05) is 43.4 Å². The van der Waals surface area contributed by atoms with Gasteiger partial charge in [0, 0.05) is 82.6 Å². The summed E-state index contributed by atoms with van der Waals surface area (Å²) in [5.74, 6) is -0.139. The number of carbonyl (C=O) groups is 4. The number of aryl methyl sites for hydroxylation is 1. The van der Waals surface area contributed by atoms with Crippen molar-refractivity contribution >= 4 is 69.3 Å². The minimum Gasteiger partial charge on any atom is -0.478 e. The molecule has 53 heavy (non-hydrogen) atoms. The van der Waals surface area contributed by atoms with Crippen LogP contribution in [0.5, 0.6) is 5.75 Å².